The lowest BCUT2D eigenvalue weighted by Crippen LogP contribution is -2.45. The molecule has 4 saturated carbocycles. The summed E-state index contributed by atoms with van der Waals surface area (Å²) in [6.07, 6.45) is 6.08. The molecule has 1 aromatic heterocycles. The Hall–Kier alpha value is -1.52. The van der Waals surface area contributed by atoms with Gasteiger partial charge in [-0.2, -0.15) is 0 Å². The second-order valence-corrected chi connectivity index (χ2v) is 6.63. The lowest BCUT2D eigenvalue weighted by Gasteiger charge is -2.54. The van der Waals surface area contributed by atoms with E-state index in [-0.39, 0.29) is 17.2 Å². The maximum atomic E-state index is 12.0. The van der Waals surface area contributed by atoms with Crippen molar-refractivity contribution in [2.45, 2.75) is 38.0 Å². The molecule has 3 N–H and O–H groups in total. The van der Waals surface area contributed by atoms with Crippen LogP contribution in [0.4, 0.5) is 0 Å². The average molecular weight is 262 g/mol. The summed E-state index contributed by atoms with van der Waals surface area (Å²) in [6.45, 7) is 0. The molecular formula is C14H18N2O3. The van der Waals surface area contributed by atoms with Crippen molar-refractivity contribution < 1.29 is 9.90 Å². The van der Waals surface area contributed by atoms with Gasteiger partial charge in [0.05, 0.1) is 5.56 Å². The molecule has 4 bridgehead atoms. The quantitative estimate of drug-likeness (QED) is 0.761. The van der Waals surface area contributed by atoms with Crippen LogP contribution in [0.5, 0.6) is 0 Å². The number of carbonyl (C=O) groups is 1. The second kappa shape index (κ2) is 3.74. The molecule has 0 radical (unpaired) electrons. The van der Waals surface area contributed by atoms with E-state index >= 15 is 0 Å². The van der Waals surface area contributed by atoms with Crippen LogP contribution >= 0.6 is 0 Å². The van der Waals surface area contributed by atoms with Crippen molar-refractivity contribution in [2.24, 2.45) is 23.7 Å². The summed E-state index contributed by atoms with van der Waals surface area (Å²) in [5.74, 6) is 1.82. The Kier molecular flexibility index (Phi) is 2.23. The number of aromatic nitrogens is 2. The number of carboxylic acid groups (broad SMARTS) is 1. The van der Waals surface area contributed by atoms with E-state index in [0.29, 0.717) is 17.4 Å². The molecule has 0 unspecified atom stereocenters. The smallest absolute Gasteiger partial charge is 0.354 e. The molecule has 102 valence electrons. The van der Waals surface area contributed by atoms with Crippen LogP contribution in [0.15, 0.2) is 4.79 Å². The number of rotatable bonds is 2. The molecule has 0 aliphatic heterocycles. The highest BCUT2D eigenvalue weighted by molar-refractivity contribution is 5.87. The van der Waals surface area contributed by atoms with Gasteiger partial charge in [-0.05, 0) is 61.7 Å². The van der Waals surface area contributed by atoms with Crippen molar-refractivity contribution in [2.75, 3.05) is 0 Å². The minimum Gasteiger partial charge on any atom is -0.477 e. The minimum absolute atomic E-state index is 0.0856. The van der Waals surface area contributed by atoms with E-state index < -0.39 is 5.97 Å². The first-order chi connectivity index (χ1) is 9.13. The maximum Gasteiger partial charge on any atom is 0.354 e. The molecule has 4 aliphatic carbocycles. The van der Waals surface area contributed by atoms with Crippen LogP contribution in [0.25, 0.3) is 0 Å². The molecular weight excluding hydrogens is 244 g/mol. The van der Waals surface area contributed by atoms with Crippen molar-refractivity contribution >= 4 is 5.97 Å². The summed E-state index contributed by atoms with van der Waals surface area (Å²) in [7, 11) is 0. The summed E-state index contributed by atoms with van der Waals surface area (Å²) < 4.78 is 0. The number of hydrogen-bond acceptors (Lipinski definition) is 2. The Morgan fingerprint density at radius 3 is 2.11 bits per heavy atom. The summed E-state index contributed by atoms with van der Waals surface area (Å²) in [5, 5.41) is 14.3. The zero-order valence-electron chi connectivity index (χ0n) is 10.7. The van der Waals surface area contributed by atoms with E-state index in [9.17, 15) is 14.7 Å². The normalized spacial score (nSPS) is 39.7. The first kappa shape index (κ1) is 11.3. The largest absolute Gasteiger partial charge is 0.477 e. The number of aromatic amines is 2. The zero-order valence-corrected chi connectivity index (χ0v) is 10.7. The number of H-pyrrole nitrogens is 2. The van der Waals surface area contributed by atoms with Gasteiger partial charge < -0.3 is 5.11 Å². The zero-order chi connectivity index (χ0) is 13.1. The highest BCUT2D eigenvalue weighted by Gasteiger charge is 2.50. The summed E-state index contributed by atoms with van der Waals surface area (Å²) in [6, 6.07) is 0. The molecule has 0 aromatic carbocycles. The van der Waals surface area contributed by atoms with Gasteiger partial charge in [0.1, 0.15) is 5.69 Å². The van der Waals surface area contributed by atoms with Crippen LogP contribution < -0.4 is 5.56 Å². The van der Waals surface area contributed by atoms with Crippen molar-refractivity contribution in [1.82, 2.24) is 10.2 Å². The first-order valence-corrected chi connectivity index (χ1v) is 7.17. The van der Waals surface area contributed by atoms with Crippen LogP contribution in [0.3, 0.4) is 0 Å². The van der Waals surface area contributed by atoms with Crippen LogP contribution in [0, 0.1) is 23.7 Å². The van der Waals surface area contributed by atoms with Crippen LogP contribution in [-0.4, -0.2) is 21.3 Å². The van der Waals surface area contributed by atoms with Gasteiger partial charge in [0.2, 0.25) is 0 Å². The Morgan fingerprint density at radius 2 is 1.58 bits per heavy atom. The van der Waals surface area contributed by atoms with Crippen molar-refractivity contribution in [3.63, 3.8) is 0 Å². The van der Waals surface area contributed by atoms with E-state index in [1.165, 1.54) is 32.1 Å². The van der Waals surface area contributed by atoms with Crippen LogP contribution in [0.2, 0.25) is 0 Å². The molecule has 1 aromatic rings. The average Bonchev–Trinajstić information content (AvgIpc) is 2.70. The lowest BCUT2D eigenvalue weighted by molar-refractivity contribution is -0.00346. The van der Waals surface area contributed by atoms with Gasteiger partial charge in [-0.15, -0.1) is 0 Å². The van der Waals surface area contributed by atoms with E-state index in [1.54, 1.807) is 0 Å². The van der Waals surface area contributed by atoms with E-state index in [0.717, 1.165) is 11.8 Å². The summed E-state index contributed by atoms with van der Waals surface area (Å²) >= 11 is 0. The van der Waals surface area contributed by atoms with E-state index in [2.05, 4.69) is 10.2 Å². The number of aromatic carboxylic acids is 1. The molecule has 0 saturated heterocycles. The molecule has 1 heterocycles. The fraction of sp³-hybridized carbons (Fsp3) is 0.714. The highest BCUT2D eigenvalue weighted by Crippen LogP contribution is 2.59. The molecule has 4 aliphatic rings. The summed E-state index contributed by atoms with van der Waals surface area (Å²) in [4.78, 5) is 23.3. The third kappa shape index (κ3) is 1.53. The molecule has 5 rings (SSSR count). The van der Waals surface area contributed by atoms with Gasteiger partial charge in [0.25, 0.3) is 5.56 Å². The molecule has 19 heavy (non-hydrogen) atoms. The van der Waals surface area contributed by atoms with Crippen LogP contribution in [-0.2, 0) is 0 Å². The van der Waals surface area contributed by atoms with Gasteiger partial charge >= 0.3 is 5.97 Å². The van der Waals surface area contributed by atoms with Gasteiger partial charge in [-0.3, -0.25) is 15.0 Å². The number of nitrogens with one attached hydrogen (secondary N) is 2. The highest BCUT2D eigenvalue weighted by atomic mass is 16.4. The Labute approximate surface area is 110 Å². The standard InChI is InChI=1S/C14H18N2O3/c17-13-11(12(14(18)19)15-16-13)10-8-2-6-1-7(4-8)5-9(10)3-6/h6-10H,1-5H2,(H,18,19)(H2,15,16,17). The monoisotopic (exact) mass is 262 g/mol. The fourth-order valence-electron chi connectivity index (χ4n) is 5.25. The van der Waals surface area contributed by atoms with Gasteiger partial charge in [-0.1, -0.05) is 0 Å². The van der Waals surface area contributed by atoms with E-state index in [4.69, 9.17) is 0 Å². The Morgan fingerprint density at radius 1 is 1.00 bits per heavy atom. The third-order valence-electron chi connectivity index (χ3n) is 5.59. The topological polar surface area (TPSA) is 85.9 Å². The lowest BCUT2D eigenvalue weighted by atomic mass is 9.50. The Bertz CT molecular complexity index is 558. The second-order valence-electron chi connectivity index (χ2n) is 6.63. The maximum absolute atomic E-state index is 12.0. The molecule has 5 heteroatoms. The predicted molar refractivity (Wildman–Crippen MR) is 68.2 cm³/mol. The third-order valence-corrected chi connectivity index (χ3v) is 5.59. The molecule has 5 nitrogen and oxygen atoms in total. The SMILES string of the molecule is O=C(O)c1[nH][nH]c(=O)c1C1C2CC3CC(C2)CC1C3. The Balaban J connectivity index is 1.79. The predicted octanol–water partition coefficient (Wildman–Crippen LogP) is 1.94. The van der Waals surface area contributed by atoms with Crippen molar-refractivity contribution in [3.05, 3.63) is 21.6 Å². The van der Waals surface area contributed by atoms with Crippen molar-refractivity contribution in [1.29, 1.82) is 0 Å². The van der Waals surface area contributed by atoms with E-state index in [1.807, 2.05) is 0 Å². The number of carboxylic acids is 1. The van der Waals surface area contributed by atoms with Gasteiger partial charge in [-0.25, -0.2) is 4.79 Å². The van der Waals surface area contributed by atoms with Crippen LogP contribution in [0.1, 0.15) is 54.1 Å². The van der Waals surface area contributed by atoms with Gasteiger partial charge in [0, 0.05) is 0 Å². The molecule has 0 atom stereocenters. The molecule has 4 fully saturated rings. The molecule has 0 spiro atoms. The van der Waals surface area contributed by atoms with Crippen molar-refractivity contribution in [3.8, 4) is 0 Å². The fourth-order valence-corrected chi connectivity index (χ4v) is 5.25. The summed E-state index contributed by atoms with van der Waals surface area (Å²) in [5.41, 5.74) is 0.374. The van der Waals surface area contributed by atoms with Gasteiger partial charge in [0.15, 0.2) is 0 Å². The first-order valence-electron chi connectivity index (χ1n) is 7.17. The number of hydrogen-bond donors (Lipinski definition) is 3. The molecule has 0 amide bonds. The minimum atomic E-state index is -1.03.